The van der Waals surface area contributed by atoms with E-state index in [2.05, 4.69) is 5.32 Å². The van der Waals surface area contributed by atoms with Crippen LogP contribution >= 0.6 is 0 Å². The van der Waals surface area contributed by atoms with E-state index in [0.717, 1.165) is 22.3 Å². The lowest BCUT2D eigenvalue weighted by Crippen LogP contribution is -2.42. The number of aliphatic carboxylic acids is 1. The molecular weight excluding hydrogens is 484 g/mol. The quantitative estimate of drug-likeness (QED) is 0.344. The molecule has 1 amide bonds. The zero-order valence-corrected chi connectivity index (χ0v) is 21.3. The molecule has 1 aromatic heterocycles. The summed E-state index contributed by atoms with van der Waals surface area (Å²) in [6, 6.07) is 21.2. The van der Waals surface area contributed by atoms with Gasteiger partial charge < -0.3 is 19.9 Å². The highest BCUT2D eigenvalue weighted by atomic mass is 16.6. The molecule has 3 aromatic carbocycles. The maximum atomic E-state index is 13.0. The number of nitrogens with one attached hydrogen (secondary N) is 1. The van der Waals surface area contributed by atoms with E-state index in [1.54, 1.807) is 51.2 Å². The normalized spacial score (nSPS) is 13.4. The van der Waals surface area contributed by atoms with Crippen molar-refractivity contribution in [2.24, 2.45) is 0 Å². The number of carbonyl (C=O) groups excluding carboxylic acids is 2. The van der Waals surface area contributed by atoms with Crippen LogP contribution in [0.25, 0.3) is 22.0 Å². The van der Waals surface area contributed by atoms with Crippen molar-refractivity contribution in [3.05, 3.63) is 95.7 Å². The molecule has 8 nitrogen and oxygen atoms in total. The number of ether oxygens (including phenoxy) is 2. The summed E-state index contributed by atoms with van der Waals surface area (Å²) in [6.07, 6.45) is -0.558. The highest BCUT2D eigenvalue weighted by molar-refractivity contribution is 5.93. The van der Waals surface area contributed by atoms with Crippen molar-refractivity contribution in [1.82, 2.24) is 9.88 Å². The molecule has 0 spiro atoms. The van der Waals surface area contributed by atoms with Crippen molar-refractivity contribution >= 4 is 29.1 Å². The van der Waals surface area contributed by atoms with Gasteiger partial charge in [0.2, 0.25) is 0 Å². The molecule has 0 saturated carbocycles. The van der Waals surface area contributed by atoms with E-state index in [1.165, 1.54) is 4.57 Å². The van der Waals surface area contributed by atoms with Crippen LogP contribution < -0.4 is 5.32 Å². The van der Waals surface area contributed by atoms with Crippen molar-refractivity contribution in [3.63, 3.8) is 0 Å². The maximum Gasteiger partial charge on any atom is 0.419 e. The molecule has 0 aliphatic heterocycles. The minimum atomic E-state index is -1.28. The fourth-order valence-corrected chi connectivity index (χ4v) is 4.81. The highest BCUT2D eigenvalue weighted by Gasteiger charge is 2.32. The number of hydrogen-bond donors (Lipinski definition) is 2. The van der Waals surface area contributed by atoms with Crippen LogP contribution in [0.5, 0.6) is 0 Å². The standard InChI is InChI=1S/C30H28N2O6/c1-30(2,3)38-29(36)32-17-18(19-10-8-9-15-25(19)32)16-24(27(33)34)31-28(35)37-26-22-13-6-4-11-20(22)21-12-5-7-14-23(21)26/h4-15,17,24,26H,16H2,1-3H3,(H,31,35)(H,33,34)/t24-/m0/s1. The lowest BCUT2D eigenvalue weighted by molar-refractivity contribution is -0.139. The molecule has 0 bridgehead atoms. The zero-order chi connectivity index (χ0) is 27.0. The molecule has 0 unspecified atom stereocenters. The number of para-hydroxylation sites is 1. The first-order chi connectivity index (χ1) is 18.1. The number of nitrogens with zero attached hydrogens (tertiary/aromatic N) is 1. The van der Waals surface area contributed by atoms with E-state index in [0.29, 0.717) is 16.5 Å². The Bertz CT molecular complexity index is 1500. The van der Waals surface area contributed by atoms with Gasteiger partial charge in [0, 0.05) is 29.1 Å². The third-order valence-electron chi connectivity index (χ3n) is 6.40. The second kappa shape index (κ2) is 9.70. The third-order valence-corrected chi connectivity index (χ3v) is 6.40. The first kappa shape index (κ1) is 25.1. The van der Waals surface area contributed by atoms with Crippen LogP contribution in [0.15, 0.2) is 79.0 Å². The van der Waals surface area contributed by atoms with Gasteiger partial charge in [-0.3, -0.25) is 4.57 Å². The Morgan fingerprint density at radius 2 is 1.50 bits per heavy atom. The Labute approximate surface area is 219 Å². The second-order valence-electron chi connectivity index (χ2n) is 10.2. The van der Waals surface area contributed by atoms with Gasteiger partial charge in [-0.25, -0.2) is 14.4 Å². The van der Waals surface area contributed by atoms with Crippen molar-refractivity contribution in [3.8, 4) is 11.1 Å². The molecule has 4 aromatic rings. The number of hydrogen-bond acceptors (Lipinski definition) is 5. The van der Waals surface area contributed by atoms with E-state index in [-0.39, 0.29) is 6.42 Å². The van der Waals surface area contributed by atoms with Crippen molar-refractivity contribution in [2.75, 3.05) is 0 Å². The molecule has 0 saturated heterocycles. The maximum absolute atomic E-state index is 13.0. The number of fused-ring (bicyclic) bond motifs is 4. The van der Waals surface area contributed by atoms with Crippen LogP contribution in [0, 0.1) is 0 Å². The summed E-state index contributed by atoms with van der Waals surface area (Å²) in [7, 11) is 0. The summed E-state index contributed by atoms with van der Waals surface area (Å²) in [6.45, 7) is 5.32. The largest absolute Gasteiger partial charge is 0.480 e. The van der Waals surface area contributed by atoms with Crippen LogP contribution in [0.2, 0.25) is 0 Å². The molecule has 1 aliphatic rings. The predicted octanol–water partition coefficient (Wildman–Crippen LogP) is 5.92. The molecule has 194 valence electrons. The van der Waals surface area contributed by atoms with Gasteiger partial charge in [-0.15, -0.1) is 0 Å². The summed E-state index contributed by atoms with van der Waals surface area (Å²) in [4.78, 5) is 38.0. The van der Waals surface area contributed by atoms with Crippen LogP contribution in [-0.2, 0) is 20.7 Å². The summed E-state index contributed by atoms with van der Waals surface area (Å²) in [5, 5.41) is 13.1. The van der Waals surface area contributed by atoms with Gasteiger partial charge >= 0.3 is 18.2 Å². The fraction of sp³-hybridized carbons (Fsp3) is 0.233. The molecule has 2 N–H and O–H groups in total. The Balaban J connectivity index is 1.38. The van der Waals surface area contributed by atoms with Gasteiger partial charge in [0.25, 0.3) is 0 Å². The van der Waals surface area contributed by atoms with E-state index in [4.69, 9.17) is 9.47 Å². The number of carboxylic acid groups (broad SMARTS) is 1. The van der Waals surface area contributed by atoms with Crippen LogP contribution in [0.1, 0.15) is 43.6 Å². The van der Waals surface area contributed by atoms with E-state index in [9.17, 15) is 19.5 Å². The third kappa shape index (κ3) is 4.85. The van der Waals surface area contributed by atoms with Gasteiger partial charge in [0.15, 0.2) is 6.10 Å². The Kier molecular flexibility index (Phi) is 6.40. The molecule has 0 radical (unpaired) electrons. The highest BCUT2D eigenvalue weighted by Crippen LogP contribution is 2.45. The van der Waals surface area contributed by atoms with E-state index in [1.807, 2.05) is 48.5 Å². The number of rotatable bonds is 5. The van der Waals surface area contributed by atoms with Crippen LogP contribution in [0.4, 0.5) is 9.59 Å². The average molecular weight is 513 g/mol. The Morgan fingerprint density at radius 1 is 0.921 bits per heavy atom. The number of amides is 1. The topological polar surface area (TPSA) is 107 Å². The molecule has 1 heterocycles. The first-order valence-corrected chi connectivity index (χ1v) is 12.3. The zero-order valence-electron chi connectivity index (χ0n) is 21.3. The van der Waals surface area contributed by atoms with Crippen LogP contribution in [0.3, 0.4) is 0 Å². The van der Waals surface area contributed by atoms with E-state index >= 15 is 0 Å². The van der Waals surface area contributed by atoms with Crippen molar-refractivity contribution in [2.45, 2.75) is 44.9 Å². The lowest BCUT2D eigenvalue weighted by atomic mass is 10.1. The second-order valence-corrected chi connectivity index (χ2v) is 10.2. The number of alkyl carbamates (subject to hydrolysis) is 1. The molecule has 0 fully saturated rings. The monoisotopic (exact) mass is 512 g/mol. The van der Waals surface area contributed by atoms with Gasteiger partial charge in [-0.1, -0.05) is 66.7 Å². The van der Waals surface area contributed by atoms with Gasteiger partial charge in [0.05, 0.1) is 5.52 Å². The number of carbonyl (C=O) groups is 3. The molecule has 38 heavy (non-hydrogen) atoms. The fourth-order valence-electron chi connectivity index (χ4n) is 4.81. The molecule has 1 aliphatic carbocycles. The number of benzene rings is 3. The van der Waals surface area contributed by atoms with Gasteiger partial charge in [-0.2, -0.15) is 0 Å². The number of aromatic nitrogens is 1. The summed E-state index contributed by atoms with van der Waals surface area (Å²) >= 11 is 0. The van der Waals surface area contributed by atoms with Crippen LogP contribution in [-0.4, -0.2) is 39.5 Å². The van der Waals surface area contributed by atoms with Gasteiger partial charge in [-0.05, 0) is 43.5 Å². The minimum Gasteiger partial charge on any atom is -0.480 e. The summed E-state index contributed by atoms with van der Waals surface area (Å²) in [5.41, 5.74) is 4.11. The Morgan fingerprint density at radius 3 is 2.11 bits per heavy atom. The smallest absolute Gasteiger partial charge is 0.419 e. The Hall–Kier alpha value is -4.59. The first-order valence-electron chi connectivity index (χ1n) is 12.3. The predicted molar refractivity (Wildman–Crippen MR) is 142 cm³/mol. The molecular formula is C30H28N2O6. The molecule has 8 heteroatoms. The summed E-state index contributed by atoms with van der Waals surface area (Å²) < 4.78 is 12.6. The SMILES string of the molecule is CC(C)(C)OC(=O)n1cc(C[C@H](NC(=O)OC2c3ccccc3-c3ccccc32)C(=O)O)c2ccccc21. The lowest BCUT2D eigenvalue weighted by Gasteiger charge is -2.19. The summed E-state index contributed by atoms with van der Waals surface area (Å²) in [5.74, 6) is -1.22. The van der Waals surface area contributed by atoms with E-state index < -0.39 is 35.9 Å². The number of carboxylic acids is 1. The average Bonchev–Trinajstić information content (AvgIpc) is 3.39. The molecule has 1 atom stereocenters. The van der Waals surface area contributed by atoms with Gasteiger partial charge in [0.1, 0.15) is 11.6 Å². The van der Waals surface area contributed by atoms with Crippen molar-refractivity contribution in [1.29, 1.82) is 0 Å². The van der Waals surface area contributed by atoms with Crippen molar-refractivity contribution < 1.29 is 29.0 Å². The minimum absolute atomic E-state index is 0.0570. The molecule has 5 rings (SSSR count).